The van der Waals surface area contributed by atoms with Gasteiger partial charge >= 0.3 is 0 Å². The Labute approximate surface area is 120 Å². The summed E-state index contributed by atoms with van der Waals surface area (Å²) in [5, 5.41) is 11.8. The van der Waals surface area contributed by atoms with E-state index in [1.54, 1.807) is 34.7 Å². The van der Waals surface area contributed by atoms with Gasteiger partial charge in [-0.15, -0.1) is 0 Å². The van der Waals surface area contributed by atoms with Crippen LogP contribution in [0.15, 0.2) is 4.90 Å². The molecule has 0 spiro atoms. The van der Waals surface area contributed by atoms with Crippen molar-refractivity contribution < 1.29 is 8.42 Å². The monoisotopic (exact) mass is 301 g/mol. The number of nitrogens with one attached hydrogen (secondary N) is 2. The Morgan fingerprint density at radius 3 is 2.20 bits per heavy atom. The molecule has 0 aliphatic carbocycles. The summed E-state index contributed by atoms with van der Waals surface area (Å²) < 4.78 is 29.3. The van der Waals surface area contributed by atoms with E-state index in [-0.39, 0.29) is 10.7 Å². The average Bonchev–Trinajstić information content (AvgIpc) is 2.60. The maximum atomic E-state index is 12.6. The van der Waals surface area contributed by atoms with Crippen molar-refractivity contribution >= 4 is 15.9 Å². The zero-order valence-electron chi connectivity index (χ0n) is 12.6. The number of amidine groups is 1. The van der Waals surface area contributed by atoms with E-state index in [0.717, 1.165) is 0 Å². The Morgan fingerprint density at radius 2 is 1.90 bits per heavy atom. The molecule has 0 aliphatic heterocycles. The van der Waals surface area contributed by atoms with Crippen molar-refractivity contribution in [1.82, 2.24) is 14.5 Å². The third-order valence-corrected chi connectivity index (χ3v) is 5.55. The standard InChI is InChI=1S/C12H23N5O2S/c1-6-12(7-2,11(13)14)16-20(18,19)10-8(3)15-17(5)9(10)4/h16H,6-7H2,1-5H3,(H3,13,14). The molecule has 0 radical (unpaired) electrons. The molecule has 4 N–H and O–H groups in total. The van der Waals surface area contributed by atoms with Crippen LogP contribution in [0, 0.1) is 19.3 Å². The second-order valence-corrected chi connectivity index (χ2v) is 6.55. The highest BCUT2D eigenvalue weighted by Gasteiger charge is 2.37. The Hall–Kier alpha value is -1.41. The van der Waals surface area contributed by atoms with Gasteiger partial charge in [-0.05, 0) is 26.7 Å². The molecule has 0 aromatic carbocycles. The molecule has 1 heterocycles. The highest BCUT2D eigenvalue weighted by atomic mass is 32.2. The molecule has 0 atom stereocenters. The summed E-state index contributed by atoms with van der Waals surface area (Å²) in [4.78, 5) is 0.160. The molecule has 0 bridgehead atoms. The predicted molar refractivity (Wildman–Crippen MR) is 78.2 cm³/mol. The molecule has 1 rings (SSSR count). The smallest absolute Gasteiger partial charge is 0.245 e. The third kappa shape index (κ3) is 2.71. The molecular formula is C12H23N5O2S. The Balaban J connectivity index is 3.34. The van der Waals surface area contributed by atoms with Crippen LogP contribution in [0.2, 0.25) is 0 Å². The summed E-state index contributed by atoms with van der Waals surface area (Å²) in [6.45, 7) is 6.95. The number of aryl methyl sites for hydroxylation is 2. The highest BCUT2D eigenvalue weighted by Crippen LogP contribution is 2.23. The molecule has 1 aromatic heterocycles. The van der Waals surface area contributed by atoms with Gasteiger partial charge < -0.3 is 5.73 Å². The summed E-state index contributed by atoms with van der Waals surface area (Å²) in [5.74, 6) is -0.176. The van der Waals surface area contributed by atoms with Crippen molar-refractivity contribution in [2.45, 2.75) is 51.0 Å². The number of nitrogens with two attached hydrogens (primary N) is 1. The lowest BCUT2D eigenvalue weighted by Gasteiger charge is -2.31. The topological polar surface area (TPSA) is 114 Å². The van der Waals surface area contributed by atoms with Gasteiger partial charge in [0.15, 0.2) is 0 Å². The second-order valence-electron chi connectivity index (χ2n) is 4.93. The van der Waals surface area contributed by atoms with Gasteiger partial charge in [0.05, 0.1) is 16.9 Å². The minimum absolute atomic E-state index is 0.160. The normalized spacial score (nSPS) is 12.7. The van der Waals surface area contributed by atoms with Gasteiger partial charge in [0.25, 0.3) is 0 Å². The maximum absolute atomic E-state index is 12.6. The zero-order chi connectivity index (χ0) is 15.7. The van der Waals surface area contributed by atoms with Crippen LogP contribution in [0.1, 0.15) is 38.1 Å². The molecule has 8 heteroatoms. The number of sulfonamides is 1. The first-order valence-electron chi connectivity index (χ1n) is 6.50. The van der Waals surface area contributed by atoms with Crippen LogP contribution in [0.4, 0.5) is 0 Å². The van der Waals surface area contributed by atoms with E-state index in [1.807, 2.05) is 0 Å². The van der Waals surface area contributed by atoms with E-state index in [2.05, 4.69) is 9.82 Å². The lowest BCUT2D eigenvalue weighted by Crippen LogP contribution is -2.56. The summed E-state index contributed by atoms with van der Waals surface area (Å²) >= 11 is 0. The maximum Gasteiger partial charge on any atom is 0.245 e. The van der Waals surface area contributed by atoms with E-state index in [0.29, 0.717) is 24.2 Å². The molecule has 114 valence electrons. The van der Waals surface area contributed by atoms with Gasteiger partial charge in [0, 0.05) is 7.05 Å². The van der Waals surface area contributed by atoms with Crippen molar-refractivity contribution in [1.29, 1.82) is 5.41 Å². The molecule has 1 aromatic rings. The first kappa shape index (κ1) is 16.6. The summed E-state index contributed by atoms with van der Waals surface area (Å²) in [6.07, 6.45) is 0.826. The summed E-state index contributed by atoms with van der Waals surface area (Å²) in [7, 11) is -2.09. The van der Waals surface area contributed by atoms with E-state index >= 15 is 0 Å². The van der Waals surface area contributed by atoms with Gasteiger partial charge in [-0.1, -0.05) is 13.8 Å². The predicted octanol–water partition coefficient (Wildman–Crippen LogP) is 0.810. The van der Waals surface area contributed by atoms with Crippen molar-refractivity contribution in [2.75, 3.05) is 0 Å². The number of rotatable bonds is 6. The molecule has 20 heavy (non-hydrogen) atoms. The quantitative estimate of drug-likeness (QED) is 0.533. The lowest BCUT2D eigenvalue weighted by molar-refractivity contribution is 0.458. The van der Waals surface area contributed by atoms with Crippen LogP contribution in [-0.4, -0.2) is 29.6 Å². The first-order chi connectivity index (χ1) is 9.11. The Bertz CT molecular complexity index is 614. The van der Waals surface area contributed by atoms with Gasteiger partial charge in [-0.3, -0.25) is 10.1 Å². The molecule has 0 fully saturated rings. The zero-order valence-corrected chi connectivity index (χ0v) is 13.4. The van der Waals surface area contributed by atoms with Gasteiger partial charge in [-0.2, -0.15) is 9.82 Å². The van der Waals surface area contributed by atoms with Crippen LogP contribution in [-0.2, 0) is 17.1 Å². The molecule has 7 nitrogen and oxygen atoms in total. The van der Waals surface area contributed by atoms with E-state index in [1.165, 1.54) is 4.68 Å². The molecule has 0 saturated carbocycles. The van der Waals surface area contributed by atoms with E-state index in [4.69, 9.17) is 11.1 Å². The van der Waals surface area contributed by atoms with Crippen molar-refractivity contribution in [3.8, 4) is 0 Å². The van der Waals surface area contributed by atoms with Crippen LogP contribution < -0.4 is 10.5 Å². The van der Waals surface area contributed by atoms with Crippen LogP contribution in [0.5, 0.6) is 0 Å². The summed E-state index contributed by atoms with van der Waals surface area (Å²) in [6, 6.07) is 0. The van der Waals surface area contributed by atoms with Gasteiger partial charge in [-0.25, -0.2) is 8.42 Å². The van der Waals surface area contributed by atoms with Crippen molar-refractivity contribution in [3.63, 3.8) is 0 Å². The van der Waals surface area contributed by atoms with Crippen molar-refractivity contribution in [3.05, 3.63) is 11.4 Å². The molecular weight excluding hydrogens is 278 g/mol. The summed E-state index contributed by atoms with van der Waals surface area (Å²) in [5.41, 5.74) is 5.53. The number of nitrogens with zero attached hydrogens (tertiary/aromatic N) is 2. The molecule has 0 unspecified atom stereocenters. The minimum atomic E-state index is -3.78. The fourth-order valence-electron chi connectivity index (χ4n) is 2.28. The second kappa shape index (κ2) is 5.53. The fourth-order valence-corrected chi connectivity index (χ4v) is 4.25. The van der Waals surface area contributed by atoms with Gasteiger partial charge in [0.1, 0.15) is 10.7 Å². The Morgan fingerprint density at radius 1 is 1.40 bits per heavy atom. The SMILES string of the molecule is CCC(CC)(NS(=O)(=O)c1c(C)nn(C)c1C)C(=N)N. The average molecular weight is 301 g/mol. The van der Waals surface area contributed by atoms with Crippen molar-refractivity contribution in [2.24, 2.45) is 12.8 Å². The molecule has 0 saturated heterocycles. The Kier molecular flexibility index (Phi) is 4.60. The van der Waals surface area contributed by atoms with Gasteiger partial charge in [0.2, 0.25) is 10.0 Å². The van der Waals surface area contributed by atoms with Crippen LogP contribution in [0.25, 0.3) is 0 Å². The van der Waals surface area contributed by atoms with Crippen LogP contribution >= 0.6 is 0 Å². The molecule has 0 aliphatic rings. The largest absolute Gasteiger partial charge is 0.386 e. The highest BCUT2D eigenvalue weighted by molar-refractivity contribution is 7.89. The number of hydrogen-bond acceptors (Lipinski definition) is 4. The fraction of sp³-hybridized carbons (Fsp3) is 0.667. The number of hydrogen-bond donors (Lipinski definition) is 3. The molecule has 0 amide bonds. The number of aromatic nitrogens is 2. The minimum Gasteiger partial charge on any atom is -0.386 e. The van der Waals surface area contributed by atoms with E-state index < -0.39 is 15.6 Å². The first-order valence-corrected chi connectivity index (χ1v) is 7.98. The van der Waals surface area contributed by atoms with Crippen LogP contribution in [0.3, 0.4) is 0 Å². The lowest BCUT2D eigenvalue weighted by atomic mass is 9.93. The van der Waals surface area contributed by atoms with E-state index in [9.17, 15) is 8.42 Å². The third-order valence-electron chi connectivity index (χ3n) is 3.76.